The largest absolute Gasteiger partial charge is 0.469 e. The van der Waals surface area contributed by atoms with E-state index in [1.54, 1.807) is 0 Å². The quantitative estimate of drug-likeness (QED) is 0.306. The number of imidazole rings is 1. The maximum absolute atomic E-state index is 11.3. The number of rotatable bonds is 5. The lowest BCUT2D eigenvalue weighted by Gasteiger charge is -2.17. The number of carbonyl (C=O) groups excluding carboxylic acids is 1. The minimum atomic E-state index is -4.76. The fraction of sp³-hybridized carbons (Fsp3) is 0.556. The first-order chi connectivity index (χ1) is 10.1. The Bertz CT molecular complexity index is 615. The summed E-state index contributed by atoms with van der Waals surface area (Å²) in [5.74, 6) is -1.11. The second kappa shape index (κ2) is 5.93. The fourth-order valence-electron chi connectivity index (χ4n) is 2.09. The Morgan fingerprint density at radius 2 is 2.09 bits per heavy atom. The first kappa shape index (κ1) is 16.8. The molecule has 0 saturated carbocycles. The standard InChI is InChI=1S/C9H15N4O8P/c10-7-4(8(11)16)13(2-12-7)9-6(15)5(14)3(21-9)1-20-22(17,18)19/h2-3,5-6,9,14-15H,1,10H2,(H2,11,16)(H2,17,18,19)/t3-,5-,6-,9-/m1/s1. The van der Waals surface area contributed by atoms with Gasteiger partial charge >= 0.3 is 7.82 Å². The highest BCUT2D eigenvalue weighted by molar-refractivity contribution is 7.46. The van der Waals surface area contributed by atoms with Gasteiger partial charge in [0.25, 0.3) is 5.91 Å². The number of ether oxygens (including phenoxy) is 1. The van der Waals surface area contributed by atoms with Crippen molar-refractivity contribution in [2.45, 2.75) is 24.5 Å². The highest BCUT2D eigenvalue weighted by atomic mass is 31.2. The summed E-state index contributed by atoms with van der Waals surface area (Å²) in [4.78, 5) is 32.3. The molecule has 2 rings (SSSR count). The van der Waals surface area contributed by atoms with Crippen LogP contribution in [0.25, 0.3) is 0 Å². The van der Waals surface area contributed by atoms with Gasteiger partial charge in [-0.25, -0.2) is 9.55 Å². The summed E-state index contributed by atoms with van der Waals surface area (Å²) in [6.07, 6.45) is -4.45. The molecule has 0 unspecified atom stereocenters. The number of hydrogen-bond donors (Lipinski definition) is 6. The Balaban J connectivity index is 2.20. The lowest BCUT2D eigenvalue weighted by Crippen LogP contribution is -2.34. The molecule has 4 atom stereocenters. The van der Waals surface area contributed by atoms with Crippen LogP contribution in [0.4, 0.5) is 5.82 Å². The number of nitrogen functional groups attached to an aromatic ring is 1. The maximum atomic E-state index is 11.3. The summed E-state index contributed by atoms with van der Waals surface area (Å²) in [7, 11) is -4.76. The van der Waals surface area contributed by atoms with E-state index < -0.39 is 44.9 Å². The van der Waals surface area contributed by atoms with Crippen LogP contribution in [0.15, 0.2) is 6.33 Å². The van der Waals surface area contributed by atoms with E-state index in [2.05, 4.69) is 9.51 Å². The summed E-state index contributed by atoms with van der Waals surface area (Å²) >= 11 is 0. The van der Waals surface area contributed by atoms with Crippen molar-refractivity contribution in [1.29, 1.82) is 0 Å². The number of aliphatic hydroxyl groups is 2. The lowest BCUT2D eigenvalue weighted by atomic mass is 10.1. The summed E-state index contributed by atoms with van der Waals surface area (Å²) in [5.41, 5.74) is 10.4. The van der Waals surface area contributed by atoms with Gasteiger partial charge in [-0.3, -0.25) is 13.9 Å². The lowest BCUT2D eigenvalue weighted by molar-refractivity contribution is -0.0526. The van der Waals surface area contributed by atoms with Crippen LogP contribution in [0.3, 0.4) is 0 Å². The van der Waals surface area contributed by atoms with Crippen molar-refractivity contribution in [3.8, 4) is 0 Å². The Labute approximate surface area is 123 Å². The second-order valence-electron chi connectivity index (χ2n) is 4.58. The zero-order valence-electron chi connectivity index (χ0n) is 11.0. The van der Waals surface area contributed by atoms with Gasteiger partial charge in [0.2, 0.25) is 0 Å². The van der Waals surface area contributed by atoms with Crippen LogP contribution < -0.4 is 11.5 Å². The Morgan fingerprint density at radius 3 is 2.64 bits per heavy atom. The molecule has 1 aromatic rings. The van der Waals surface area contributed by atoms with Gasteiger partial charge in [0.15, 0.2) is 17.7 Å². The van der Waals surface area contributed by atoms with Crippen molar-refractivity contribution < 1.29 is 38.6 Å². The van der Waals surface area contributed by atoms with Crippen molar-refractivity contribution in [1.82, 2.24) is 9.55 Å². The molecule has 13 heteroatoms. The number of phosphoric ester groups is 1. The number of anilines is 1. The number of nitrogens with zero attached hydrogens (tertiary/aromatic N) is 2. The minimum absolute atomic E-state index is 0.187. The van der Waals surface area contributed by atoms with Gasteiger partial charge in [0.05, 0.1) is 12.9 Å². The average molecular weight is 338 g/mol. The van der Waals surface area contributed by atoms with E-state index in [9.17, 15) is 19.6 Å². The van der Waals surface area contributed by atoms with Crippen molar-refractivity contribution in [3.05, 3.63) is 12.0 Å². The van der Waals surface area contributed by atoms with Crippen LogP contribution in [0.5, 0.6) is 0 Å². The van der Waals surface area contributed by atoms with E-state index >= 15 is 0 Å². The molecule has 12 nitrogen and oxygen atoms in total. The molecule has 1 saturated heterocycles. The molecular formula is C9H15N4O8P. The number of aromatic nitrogens is 2. The fourth-order valence-corrected chi connectivity index (χ4v) is 2.43. The van der Waals surface area contributed by atoms with Crippen LogP contribution >= 0.6 is 7.82 Å². The molecule has 1 aliphatic rings. The molecular weight excluding hydrogens is 323 g/mol. The molecule has 124 valence electrons. The van der Waals surface area contributed by atoms with Gasteiger partial charge in [-0.1, -0.05) is 0 Å². The third kappa shape index (κ3) is 3.28. The molecule has 0 aromatic carbocycles. The monoisotopic (exact) mass is 338 g/mol. The molecule has 8 N–H and O–H groups in total. The number of aliphatic hydroxyl groups excluding tert-OH is 2. The number of primary amides is 1. The van der Waals surface area contributed by atoms with E-state index in [0.29, 0.717) is 0 Å². The van der Waals surface area contributed by atoms with E-state index in [0.717, 1.165) is 10.9 Å². The van der Waals surface area contributed by atoms with Gasteiger partial charge < -0.3 is 36.2 Å². The summed E-state index contributed by atoms with van der Waals surface area (Å²) in [6, 6.07) is 0. The second-order valence-corrected chi connectivity index (χ2v) is 5.82. The molecule has 22 heavy (non-hydrogen) atoms. The third-order valence-corrected chi connectivity index (χ3v) is 3.56. The SMILES string of the molecule is NC(=O)c1c(N)ncn1[C@@H]1O[C@H](COP(=O)(O)O)[C@@H](O)[C@H]1O. The smallest absolute Gasteiger partial charge is 0.387 e. The number of phosphoric acid groups is 1. The summed E-state index contributed by atoms with van der Waals surface area (Å²) < 4.78 is 21.2. The van der Waals surface area contributed by atoms with Crippen LogP contribution in [0.2, 0.25) is 0 Å². The van der Waals surface area contributed by atoms with Gasteiger partial charge in [-0.2, -0.15) is 0 Å². The molecule has 0 radical (unpaired) electrons. The van der Waals surface area contributed by atoms with Crippen LogP contribution in [0, 0.1) is 0 Å². The molecule has 1 aromatic heterocycles. The molecule has 1 amide bonds. The number of amides is 1. The zero-order valence-corrected chi connectivity index (χ0v) is 11.9. The summed E-state index contributed by atoms with van der Waals surface area (Å²) in [6.45, 7) is -0.672. The highest BCUT2D eigenvalue weighted by Crippen LogP contribution is 2.38. The topological polar surface area (TPSA) is 203 Å². The van der Waals surface area contributed by atoms with E-state index in [1.807, 2.05) is 0 Å². The van der Waals surface area contributed by atoms with Crippen LogP contribution in [-0.4, -0.2) is 60.4 Å². The molecule has 2 heterocycles. The van der Waals surface area contributed by atoms with Crippen LogP contribution in [-0.2, 0) is 13.8 Å². The van der Waals surface area contributed by atoms with E-state index in [4.69, 9.17) is 26.0 Å². The number of carbonyl (C=O) groups is 1. The normalized spacial score (nSPS) is 28.9. The molecule has 1 fully saturated rings. The average Bonchev–Trinajstić information content (AvgIpc) is 2.89. The highest BCUT2D eigenvalue weighted by Gasteiger charge is 2.45. The maximum Gasteiger partial charge on any atom is 0.469 e. The van der Waals surface area contributed by atoms with Gasteiger partial charge in [-0.15, -0.1) is 0 Å². The Morgan fingerprint density at radius 1 is 1.45 bits per heavy atom. The third-order valence-electron chi connectivity index (χ3n) is 3.07. The summed E-state index contributed by atoms with van der Waals surface area (Å²) in [5, 5.41) is 19.8. The predicted octanol–water partition coefficient (Wildman–Crippen LogP) is -2.71. The van der Waals surface area contributed by atoms with Crippen molar-refractivity contribution in [3.63, 3.8) is 0 Å². The van der Waals surface area contributed by atoms with E-state index in [-0.39, 0.29) is 11.5 Å². The molecule has 1 aliphatic heterocycles. The zero-order chi connectivity index (χ0) is 16.7. The number of nitrogens with two attached hydrogens (primary N) is 2. The molecule has 0 bridgehead atoms. The predicted molar refractivity (Wildman–Crippen MR) is 69.1 cm³/mol. The Hall–Kier alpha value is -1.53. The number of hydrogen-bond acceptors (Lipinski definition) is 8. The van der Waals surface area contributed by atoms with Crippen molar-refractivity contribution in [2.24, 2.45) is 5.73 Å². The van der Waals surface area contributed by atoms with E-state index in [1.165, 1.54) is 0 Å². The molecule has 0 aliphatic carbocycles. The first-order valence-electron chi connectivity index (χ1n) is 5.95. The first-order valence-corrected chi connectivity index (χ1v) is 7.48. The van der Waals surface area contributed by atoms with Gasteiger partial charge in [-0.05, 0) is 0 Å². The minimum Gasteiger partial charge on any atom is -0.387 e. The van der Waals surface area contributed by atoms with Crippen LogP contribution in [0.1, 0.15) is 16.7 Å². The molecule has 0 spiro atoms. The Kier molecular flexibility index (Phi) is 4.54. The van der Waals surface area contributed by atoms with Gasteiger partial charge in [0, 0.05) is 0 Å². The van der Waals surface area contributed by atoms with Crippen molar-refractivity contribution in [2.75, 3.05) is 12.3 Å². The van der Waals surface area contributed by atoms with Crippen molar-refractivity contribution >= 4 is 19.5 Å². The van der Waals surface area contributed by atoms with Gasteiger partial charge in [0.1, 0.15) is 18.3 Å².